The van der Waals surface area contributed by atoms with Crippen LogP contribution in [0.15, 0.2) is 27.6 Å². The molecule has 0 N–H and O–H groups in total. The van der Waals surface area contributed by atoms with Crippen molar-refractivity contribution in [3.63, 3.8) is 0 Å². The Hall–Kier alpha value is -1.03. The third kappa shape index (κ3) is 3.42. The Morgan fingerprint density at radius 2 is 2.24 bits per heavy atom. The molecule has 0 spiro atoms. The van der Waals surface area contributed by atoms with E-state index in [2.05, 4.69) is 15.9 Å². The van der Waals surface area contributed by atoms with Gasteiger partial charge in [0.2, 0.25) is 10.0 Å². The summed E-state index contributed by atoms with van der Waals surface area (Å²) in [7, 11) is -3.92. The summed E-state index contributed by atoms with van der Waals surface area (Å²) in [6.07, 6.45) is 0.506. The summed E-state index contributed by atoms with van der Waals surface area (Å²) in [5, 5.41) is 11.1. The molecule has 116 valence electrons. The maximum absolute atomic E-state index is 12.7. The fourth-order valence-electron chi connectivity index (χ4n) is 2.14. The first-order valence-electron chi connectivity index (χ1n) is 6.42. The summed E-state index contributed by atoms with van der Waals surface area (Å²) in [6.45, 7) is 2.60. The average Bonchev–Trinajstić information content (AvgIpc) is 2.46. The van der Waals surface area contributed by atoms with E-state index in [0.717, 1.165) is 0 Å². The van der Waals surface area contributed by atoms with Crippen molar-refractivity contribution in [3.8, 4) is 0 Å². The van der Waals surface area contributed by atoms with E-state index in [1.54, 1.807) is 0 Å². The third-order valence-electron chi connectivity index (χ3n) is 3.29. The molecule has 9 heteroatoms. The summed E-state index contributed by atoms with van der Waals surface area (Å²) in [4.78, 5) is 10.1. The van der Waals surface area contributed by atoms with E-state index in [-0.39, 0.29) is 24.1 Å². The molecule has 1 aliphatic heterocycles. The number of rotatable bonds is 4. The molecule has 21 heavy (non-hydrogen) atoms. The lowest BCUT2D eigenvalue weighted by Crippen LogP contribution is -2.45. The lowest BCUT2D eigenvalue weighted by Gasteiger charge is -2.31. The highest BCUT2D eigenvalue weighted by molar-refractivity contribution is 9.10. The topological polar surface area (TPSA) is 89.8 Å². The van der Waals surface area contributed by atoms with Gasteiger partial charge in [0.25, 0.3) is 5.69 Å². The van der Waals surface area contributed by atoms with Gasteiger partial charge in [0.1, 0.15) is 0 Å². The van der Waals surface area contributed by atoms with Gasteiger partial charge < -0.3 is 4.74 Å². The van der Waals surface area contributed by atoms with Crippen molar-refractivity contribution in [1.82, 2.24) is 4.31 Å². The molecule has 1 atom stereocenters. The van der Waals surface area contributed by atoms with Crippen LogP contribution in [0.25, 0.3) is 0 Å². The average molecular weight is 379 g/mol. The largest absolute Gasteiger partial charge is 0.375 e. The number of sulfonamides is 1. The van der Waals surface area contributed by atoms with Crippen molar-refractivity contribution in [2.24, 2.45) is 0 Å². The van der Waals surface area contributed by atoms with Crippen molar-refractivity contribution in [2.75, 3.05) is 19.7 Å². The molecular formula is C12H15BrN2O5S. The standard InChI is InChI=1S/C12H15BrN2O5S/c1-2-10-8-14(5-6-20-10)21(18,19)12-7-9(13)3-4-11(12)15(16)17/h3-4,7,10H,2,5-6,8H2,1H3. The number of halogens is 1. The maximum Gasteiger partial charge on any atom is 0.289 e. The Labute approximate surface area is 131 Å². The summed E-state index contributed by atoms with van der Waals surface area (Å²) >= 11 is 3.16. The van der Waals surface area contributed by atoms with Gasteiger partial charge in [-0.2, -0.15) is 4.31 Å². The van der Waals surface area contributed by atoms with Gasteiger partial charge >= 0.3 is 0 Å². The molecule has 0 bridgehead atoms. The molecule has 0 radical (unpaired) electrons. The van der Waals surface area contributed by atoms with Gasteiger partial charge in [-0.25, -0.2) is 8.42 Å². The monoisotopic (exact) mass is 378 g/mol. The zero-order chi connectivity index (χ0) is 15.6. The number of hydrogen-bond acceptors (Lipinski definition) is 5. The molecule has 1 aliphatic rings. The Kier molecular flexibility index (Phi) is 4.97. The van der Waals surface area contributed by atoms with E-state index >= 15 is 0 Å². The van der Waals surface area contributed by atoms with E-state index < -0.39 is 20.6 Å². The minimum Gasteiger partial charge on any atom is -0.375 e. The Bertz CT molecular complexity index is 649. The van der Waals surface area contributed by atoms with Gasteiger partial charge in [-0.15, -0.1) is 0 Å². The van der Waals surface area contributed by atoms with E-state index in [1.165, 1.54) is 22.5 Å². The molecule has 1 fully saturated rings. The highest BCUT2D eigenvalue weighted by Gasteiger charge is 2.34. The summed E-state index contributed by atoms with van der Waals surface area (Å²) < 4.78 is 32.5. The SMILES string of the molecule is CCC1CN(S(=O)(=O)c2cc(Br)ccc2[N+](=O)[O-])CCO1. The van der Waals surface area contributed by atoms with Gasteiger partial charge in [0.05, 0.1) is 17.6 Å². The van der Waals surface area contributed by atoms with E-state index in [4.69, 9.17) is 4.74 Å². The molecule has 2 rings (SSSR count). The Morgan fingerprint density at radius 1 is 1.52 bits per heavy atom. The number of benzene rings is 1. The summed E-state index contributed by atoms with van der Waals surface area (Å²) in [5.41, 5.74) is -0.419. The highest BCUT2D eigenvalue weighted by Crippen LogP contribution is 2.30. The Balaban J connectivity index is 2.44. The lowest BCUT2D eigenvalue weighted by molar-refractivity contribution is -0.387. The number of ether oxygens (including phenoxy) is 1. The fourth-order valence-corrected chi connectivity index (χ4v) is 4.29. The summed E-state index contributed by atoms with van der Waals surface area (Å²) in [5.74, 6) is 0. The molecule has 1 aromatic carbocycles. The smallest absolute Gasteiger partial charge is 0.289 e. The van der Waals surface area contributed by atoms with Gasteiger partial charge in [-0.05, 0) is 18.6 Å². The zero-order valence-corrected chi connectivity index (χ0v) is 13.8. The first-order valence-corrected chi connectivity index (χ1v) is 8.65. The highest BCUT2D eigenvalue weighted by atomic mass is 79.9. The van der Waals surface area contributed by atoms with Crippen LogP contribution in [0.5, 0.6) is 0 Å². The fraction of sp³-hybridized carbons (Fsp3) is 0.500. The predicted octanol–water partition coefficient (Wildman–Crippen LogP) is 2.16. The number of nitro groups is 1. The number of morpholine rings is 1. The minimum absolute atomic E-state index is 0.181. The van der Waals surface area contributed by atoms with Crippen molar-refractivity contribution >= 4 is 31.6 Å². The minimum atomic E-state index is -3.92. The molecule has 0 aliphatic carbocycles. The van der Waals surface area contributed by atoms with Gasteiger partial charge in [0.15, 0.2) is 4.90 Å². The number of nitrogens with zero attached hydrogens (tertiary/aromatic N) is 2. The third-order valence-corrected chi connectivity index (χ3v) is 5.68. The molecular weight excluding hydrogens is 364 g/mol. The molecule has 7 nitrogen and oxygen atoms in total. The molecule has 0 saturated carbocycles. The first kappa shape index (κ1) is 16.3. The van der Waals surface area contributed by atoms with Crippen LogP contribution in [0, 0.1) is 10.1 Å². The van der Waals surface area contributed by atoms with E-state index in [1.807, 2.05) is 6.92 Å². The maximum atomic E-state index is 12.7. The van der Waals surface area contributed by atoms with Crippen molar-refractivity contribution in [2.45, 2.75) is 24.3 Å². The summed E-state index contributed by atoms with van der Waals surface area (Å²) in [6, 6.07) is 3.91. The van der Waals surface area contributed by atoms with Crippen LogP contribution in [0.2, 0.25) is 0 Å². The first-order chi connectivity index (χ1) is 9.86. The predicted molar refractivity (Wildman–Crippen MR) is 79.6 cm³/mol. The van der Waals surface area contributed by atoms with Crippen LogP contribution >= 0.6 is 15.9 Å². The van der Waals surface area contributed by atoms with Gasteiger partial charge in [0, 0.05) is 23.6 Å². The van der Waals surface area contributed by atoms with Crippen LogP contribution in [-0.4, -0.2) is 43.4 Å². The normalized spacial score (nSPS) is 20.4. The van der Waals surface area contributed by atoms with E-state index in [9.17, 15) is 18.5 Å². The second-order valence-electron chi connectivity index (χ2n) is 4.63. The van der Waals surface area contributed by atoms with Crippen LogP contribution in [-0.2, 0) is 14.8 Å². The second kappa shape index (κ2) is 6.39. The number of hydrogen-bond donors (Lipinski definition) is 0. The molecule has 0 amide bonds. The van der Waals surface area contributed by atoms with Crippen molar-refractivity contribution in [1.29, 1.82) is 0 Å². The molecule has 0 aromatic heterocycles. The van der Waals surface area contributed by atoms with Crippen LogP contribution in [0.4, 0.5) is 5.69 Å². The lowest BCUT2D eigenvalue weighted by atomic mass is 10.2. The van der Waals surface area contributed by atoms with Crippen LogP contribution in [0.1, 0.15) is 13.3 Å². The van der Waals surface area contributed by atoms with Gasteiger partial charge in [-0.1, -0.05) is 22.9 Å². The molecule has 1 unspecified atom stereocenters. The molecule has 1 heterocycles. The second-order valence-corrected chi connectivity index (χ2v) is 7.46. The van der Waals surface area contributed by atoms with Crippen LogP contribution < -0.4 is 0 Å². The molecule has 1 aromatic rings. The van der Waals surface area contributed by atoms with E-state index in [0.29, 0.717) is 17.5 Å². The zero-order valence-electron chi connectivity index (χ0n) is 11.4. The quantitative estimate of drug-likeness (QED) is 0.591. The van der Waals surface area contributed by atoms with Crippen molar-refractivity contribution < 1.29 is 18.1 Å². The number of nitro benzene ring substituents is 1. The Morgan fingerprint density at radius 3 is 2.86 bits per heavy atom. The van der Waals surface area contributed by atoms with Crippen LogP contribution in [0.3, 0.4) is 0 Å². The van der Waals surface area contributed by atoms with Crippen molar-refractivity contribution in [3.05, 3.63) is 32.8 Å². The van der Waals surface area contributed by atoms with Gasteiger partial charge in [-0.3, -0.25) is 10.1 Å². The molecule has 1 saturated heterocycles.